The Morgan fingerprint density at radius 3 is 2.00 bits per heavy atom. The molecule has 0 amide bonds. The van der Waals surface area contributed by atoms with Gasteiger partial charge >= 0.3 is 0 Å². The molecule has 8 heavy (non-hydrogen) atoms. The van der Waals surface area contributed by atoms with Crippen LogP contribution in [0.15, 0.2) is 0 Å². The van der Waals surface area contributed by atoms with Crippen molar-refractivity contribution < 1.29 is 0 Å². The standard InChI is InChI=1S/C7H17N/c1-5-6(2)7(3)8-4/h6-8H,5H2,1-4H3/t6?,7-/m1/s1. The Bertz CT molecular complexity index is 44.3. The Balaban J connectivity index is 3.29. The van der Waals surface area contributed by atoms with Crippen molar-refractivity contribution in [1.82, 2.24) is 5.32 Å². The van der Waals surface area contributed by atoms with Gasteiger partial charge in [0.1, 0.15) is 0 Å². The summed E-state index contributed by atoms with van der Waals surface area (Å²) in [5, 5.41) is 3.22. The Hall–Kier alpha value is -0.0400. The van der Waals surface area contributed by atoms with E-state index in [9.17, 15) is 0 Å². The molecule has 0 aliphatic rings. The van der Waals surface area contributed by atoms with E-state index < -0.39 is 0 Å². The molecule has 0 saturated carbocycles. The molecule has 2 atom stereocenters. The van der Waals surface area contributed by atoms with Gasteiger partial charge in [0.25, 0.3) is 0 Å². The fourth-order valence-corrected chi connectivity index (χ4v) is 0.638. The van der Waals surface area contributed by atoms with Crippen LogP contribution in [0.25, 0.3) is 0 Å². The number of hydrogen-bond donors (Lipinski definition) is 1. The van der Waals surface area contributed by atoms with Crippen molar-refractivity contribution in [2.75, 3.05) is 7.05 Å². The average molecular weight is 115 g/mol. The summed E-state index contributed by atoms with van der Waals surface area (Å²) in [6, 6.07) is 0.667. The molecule has 0 fully saturated rings. The molecule has 1 N–H and O–H groups in total. The average Bonchev–Trinajstić information content (AvgIpc) is 1.84. The quantitative estimate of drug-likeness (QED) is 0.589. The molecule has 1 nitrogen and oxygen atoms in total. The fraction of sp³-hybridized carbons (Fsp3) is 1.00. The van der Waals surface area contributed by atoms with Crippen LogP contribution in [-0.4, -0.2) is 13.1 Å². The Morgan fingerprint density at radius 1 is 1.38 bits per heavy atom. The van der Waals surface area contributed by atoms with Crippen LogP contribution in [0.4, 0.5) is 0 Å². The maximum Gasteiger partial charge on any atom is 0.00612 e. The SMILES string of the molecule is CCC(C)[C@@H](C)NC. The van der Waals surface area contributed by atoms with Gasteiger partial charge in [-0.05, 0) is 19.9 Å². The van der Waals surface area contributed by atoms with Gasteiger partial charge < -0.3 is 5.32 Å². The van der Waals surface area contributed by atoms with E-state index in [4.69, 9.17) is 0 Å². The van der Waals surface area contributed by atoms with Crippen molar-refractivity contribution in [3.05, 3.63) is 0 Å². The van der Waals surface area contributed by atoms with Crippen molar-refractivity contribution >= 4 is 0 Å². The first-order valence-corrected chi connectivity index (χ1v) is 3.39. The molecule has 0 radical (unpaired) electrons. The first-order valence-electron chi connectivity index (χ1n) is 3.39. The van der Waals surface area contributed by atoms with Crippen molar-refractivity contribution in [1.29, 1.82) is 0 Å². The molecule has 0 bridgehead atoms. The van der Waals surface area contributed by atoms with E-state index in [2.05, 4.69) is 26.1 Å². The third-order valence-electron chi connectivity index (χ3n) is 1.95. The van der Waals surface area contributed by atoms with Crippen molar-refractivity contribution in [2.24, 2.45) is 5.92 Å². The van der Waals surface area contributed by atoms with Gasteiger partial charge in [-0.2, -0.15) is 0 Å². The van der Waals surface area contributed by atoms with Crippen LogP contribution in [-0.2, 0) is 0 Å². The second-order valence-electron chi connectivity index (χ2n) is 2.46. The molecule has 1 unspecified atom stereocenters. The molecule has 0 aliphatic carbocycles. The van der Waals surface area contributed by atoms with Gasteiger partial charge in [-0.3, -0.25) is 0 Å². The molecule has 50 valence electrons. The van der Waals surface area contributed by atoms with E-state index in [0.717, 1.165) is 5.92 Å². The highest BCUT2D eigenvalue weighted by molar-refractivity contribution is 4.63. The molecule has 0 rings (SSSR count). The lowest BCUT2D eigenvalue weighted by molar-refractivity contribution is 0.415. The smallest absolute Gasteiger partial charge is 0.00612 e. The topological polar surface area (TPSA) is 12.0 Å². The lowest BCUT2D eigenvalue weighted by Crippen LogP contribution is -2.27. The molecule has 0 aromatic rings. The van der Waals surface area contributed by atoms with E-state index in [1.54, 1.807) is 0 Å². The summed E-state index contributed by atoms with van der Waals surface area (Å²) in [4.78, 5) is 0. The van der Waals surface area contributed by atoms with E-state index in [0.29, 0.717) is 6.04 Å². The summed E-state index contributed by atoms with van der Waals surface area (Å²) in [6.07, 6.45) is 1.27. The highest BCUT2D eigenvalue weighted by Gasteiger charge is 2.04. The highest BCUT2D eigenvalue weighted by Crippen LogP contribution is 2.04. The molecule has 0 spiro atoms. The van der Waals surface area contributed by atoms with Crippen LogP contribution < -0.4 is 5.32 Å². The minimum Gasteiger partial charge on any atom is -0.317 e. The van der Waals surface area contributed by atoms with Gasteiger partial charge in [0.15, 0.2) is 0 Å². The van der Waals surface area contributed by atoms with Crippen LogP contribution in [0.2, 0.25) is 0 Å². The van der Waals surface area contributed by atoms with Crippen LogP contribution in [0, 0.1) is 5.92 Å². The number of hydrogen-bond acceptors (Lipinski definition) is 1. The zero-order chi connectivity index (χ0) is 6.57. The lowest BCUT2D eigenvalue weighted by atomic mass is 10.0. The molecule has 0 heterocycles. The predicted octanol–water partition coefficient (Wildman–Crippen LogP) is 1.64. The molecular weight excluding hydrogens is 98.1 g/mol. The van der Waals surface area contributed by atoms with Gasteiger partial charge in [0.05, 0.1) is 0 Å². The Labute approximate surface area is 52.5 Å². The molecule has 0 aromatic heterocycles. The Kier molecular flexibility index (Phi) is 3.88. The second-order valence-corrected chi connectivity index (χ2v) is 2.46. The first-order chi connectivity index (χ1) is 3.72. The van der Waals surface area contributed by atoms with Gasteiger partial charge in [-0.25, -0.2) is 0 Å². The summed E-state index contributed by atoms with van der Waals surface area (Å²) in [7, 11) is 2.01. The second kappa shape index (κ2) is 3.90. The van der Waals surface area contributed by atoms with E-state index in [-0.39, 0.29) is 0 Å². The fourth-order valence-electron chi connectivity index (χ4n) is 0.638. The third kappa shape index (κ3) is 2.31. The van der Waals surface area contributed by atoms with Crippen LogP contribution in [0.1, 0.15) is 27.2 Å². The Morgan fingerprint density at radius 2 is 1.88 bits per heavy atom. The normalized spacial score (nSPS) is 18.0. The summed E-state index contributed by atoms with van der Waals surface area (Å²) >= 11 is 0. The zero-order valence-corrected chi connectivity index (χ0v) is 6.36. The summed E-state index contributed by atoms with van der Waals surface area (Å²) in [6.45, 7) is 6.70. The van der Waals surface area contributed by atoms with Gasteiger partial charge in [0, 0.05) is 6.04 Å². The monoisotopic (exact) mass is 115 g/mol. The molecule has 0 saturated heterocycles. The predicted molar refractivity (Wildman–Crippen MR) is 38.0 cm³/mol. The highest BCUT2D eigenvalue weighted by atomic mass is 14.9. The lowest BCUT2D eigenvalue weighted by Gasteiger charge is -2.16. The van der Waals surface area contributed by atoms with Crippen LogP contribution >= 0.6 is 0 Å². The van der Waals surface area contributed by atoms with Crippen LogP contribution in [0.5, 0.6) is 0 Å². The van der Waals surface area contributed by atoms with Gasteiger partial charge in [-0.15, -0.1) is 0 Å². The zero-order valence-electron chi connectivity index (χ0n) is 6.36. The van der Waals surface area contributed by atoms with Gasteiger partial charge in [0.2, 0.25) is 0 Å². The molecule has 0 aliphatic heterocycles. The first kappa shape index (κ1) is 7.96. The maximum atomic E-state index is 3.22. The van der Waals surface area contributed by atoms with Crippen LogP contribution in [0.3, 0.4) is 0 Å². The molecule has 1 heteroatoms. The minimum absolute atomic E-state index is 0.667. The summed E-state index contributed by atoms with van der Waals surface area (Å²) in [5.41, 5.74) is 0. The third-order valence-corrected chi connectivity index (χ3v) is 1.95. The van der Waals surface area contributed by atoms with Crippen molar-refractivity contribution in [2.45, 2.75) is 33.2 Å². The largest absolute Gasteiger partial charge is 0.317 e. The number of rotatable bonds is 3. The summed E-state index contributed by atoms with van der Waals surface area (Å²) in [5.74, 6) is 0.806. The van der Waals surface area contributed by atoms with E-state index in [1.165, 1.54) is 6.42 Å². The maximum absolute atomic E-state index is 3.22. The minimum atomic E-state index is 0.667. The van der Waals surface area contributed by atoms with E-state index >= 15 is 0 Å². The van der Waals surface area contributed by atoms with Crippen molar-refractivity contribution in [3.63, 3.8) is 0 Å². The molecular formula is C7H17N. The summed E-state index contributed by atoms with van der Waals surface area (Å²) < 4.78 is 0. The number of nitrogens with one attached hydrogen (secondary N) is 1. The van der Waals surface area contributed by atoms with Gasteiger partial charge in [-0.1, -0.05) is 20.3 Å². The van der Waals surface area contributed by atoms with Crippen molar-refractivity contribution in [3.8, 4) is 0 Å². The van der Waals surface area contributed by atoms with E-state index in [1.807, 2.05) is 7.05 Å². The molecule has 0 aromatic carbocycles.